The van der Waals surface area contributed by atoms with Crippen molar-refractivity contribution in [3.8, 4) is 0 Å². The topological polar surface area (TPSA) is 41.5 Å². The van der Waals surface area contributed by atoms with Gasteiger partial charge < -0.3 is 15.2 Å². The van der Waals surface area contributed by atoms with E-state index in [1.165, 1.54) is 16.5 Å². The quantitative estimate of drug-likeness (QED) is 0.788. The molecule has 0 aliphatic rings. The summed E-state index contributed by atoms with van der Waals surface area (Å²) in [6.07, 6.45) is -0.600. The van der Waals surface area contributed by atoms with Gasteiger partial charge in [0, 0.05) is 23.5 Å². The average Bonchev–Trinajstić information content (AvgIpc) is 2.87. The van der Waals surface area contributed by atoms with Crippen LogP contribution in [0.25, 0.3) is 0 Å². The molecule has 114 valence electrons. The van der Waals surface area contributed by atoms with E-state index in [2.05, 4.69) is 23.7 Å². The number of aliphatic hydroxyl groups is 1. The Hall–Kier alpha value is -1.27. The number of rotatable bonds is 8. The van der Waals surface area contributed by atoms with Crippen LogP contribution in [-0.4, -0.2) is 24.4 Å². The smallest absolute Gasteiger partial charge is 0.128 e. The maximum Gasteiger partial charge on any atom is 0.128 e. The fourth-order valence-corrected chi connectivity index (χ4v) is 2.79. The van der Waals surface area contributed by atoms with Crippen molar-refractivity contribution in [3.63, 3.8) is 0 Å². The van der Waals surface area contributed by atoms with Crippen molar-refractivity contribution in [2.45, 2.75) is 26.2 Å². The minimum Gasteiger partial charge on any atom is -0.389 e. The van der Waals surface area contributed by atoms with Crippen LogP contribution in [0.4, 0.5) is 4.39 Å². The Kier molecular flexibility index (Phi) is 6.32. The molecular weight excluding hydrogens is 289 g/mol. The first-order valence-electron chi connectivity index (χ1n) is 6.89. The van der Waals surface area contributed by atoms with E-state index in [1.54, 1.807) is 29.5 Å². The van der Waals surface area contributed by atoms with Gasteiger partial charge in [-0.25, -0.2) is 4.39 Å². The first-order valence-corrected chi connectivity index (χ1v) is 7.77. The number of halogens is 1. The lowest BCUT2D eigenvalue weighted by molar-refractivity contribution is 0.0278. The van der Waals surface area contributed by atoms with Crippen LogP contribution in [0, 0.1) is 12.7 Å². The minimum atomic E-state index is -0.600. The number of ether oxygens (including phenoxy) is 1. The monoisotopic (exact) mass is 309 g/mol. The van der Waals surface area contributed by atoms with Gasteiger partial charge in [0.05, 0.1) is 19.3 Å². The summed E-state index contributed by atoms with van der Waals surface area (Å²) >= 11 is 1.70. The maximum absolute atomic E-state index is 13.4. The molecule has 0 bridgehead atoms. The molecule has 0 spiro atoms. The first kappa shape index (κ1) is 16.1. The molecule has 1 heterocycles. The molecule has 0 aliphatic heterocycles. The van der Waals surface area contributed by atoms with E-state index in [0.29, 0.717) is 12.1 Å². The highest BCUT2D eigenvalue weighted by Crippen LogP contribution is 2.14. The van der Waals surface area contributed by atoms with Gasteiger partial charge in [0.15, 0.2) is 0 Å². The number of hydrogen-bond acceptors (Lipinski definition) is 4. The van der Waals surface area contributed by atoms with Crippen LogP contribution >= 0.6 is 11.3 Å². The summed E-state index contributed by atoms with van der Waals surface area (Å²) < 4.78 is 18.7. The van der Waals surface area contributed by atoms with Gasteiger partial charge in [-0.05, 0) is 30.0 Å². The number of nitrogens with one attached hydrogen (secondary N) is 1. The molecule has 1 aromatic carbocycles. The highest BCUT2D eigenvalue weighted by molar-refractivity contribution is 7.10. The van der Waals surface area contributed by atoms with E-state index in [9.17, 15) is 9.50 Å². The van der Waals surface area contributed by atoms with Gasteiger partial charge in [-0.1, -0.05) is 18.2 Å². The summed E-state index contributed by atoms with van der Waals surface area (Å²) in [6.45, 7) is 3.63. The van der Waals surface area contributed by atoms with E-state index in [0.717, 1.165) is 6.54 Å². The Morgan fingerprint density at radius 1 is 1.33 bits per heavy atom. The van der Waals surface area contributed by atoms with E-state index < -0.39 is 6.10 Å². The summed E-state index contributed by atoms with van der Waals surface area (Å²) in [7, 11) is 0. The van der Waals surface area contributed by atoms with Crippen LogP contribution in [0.15, 0.2) is 35.7 Å². The summed E-state index contributed by atoms with van der Waals surface area (Å²) in [6, 6.07) is 8.57. The molecule has 0 saturated heterocycles. The number of hydrogen-bond donors (Lipinski definition) is 2. The Bertz CT molecular complexity index is 559. The summed E-state index contributed by atoms with van der Waals surface area (Å²) in [5.74, 6) is -0.279. The first-order chi connectivity index (χ1) is 10.2. The summed E-state index contributed by atoms with van der Waals surface area (Å²) in [4.78, 5) is 1.27. The molecule has 1 aromatic heterocycles. The van der Waals surface area contributed by atoms with Crippen molar-refractivity contribution in [3.05, 3.63) is 57.5 Å². The molecule has 0 fully saturated rings. The van der Waals surface area contributed by atoms with Gasteiger partial charge in [-0.2, -0.15) is 0 Å². The lowest BCUT2D eigenvalue weighted by atomic mass is 10.2. The zero-order valence-electron chi connectivity index (χ0n) is 12.0. The van der Waals surface area contributed by atoms with Crippen molar-refractivity contribution in [1.29, 1.82) is 0 Å². The Morgan fingerprint density at radius 3 is 2.86 bits per heavy atom. The SMILES string of the molecule is Cc1ccsc1CNCC(O)COCc1ccccc1F. The predicted octanol–water partition coefficient (Wildman–Crippen LogP) is 2.86. The number of benzene rings is 1. The highest BCUT2D eigenvalue weighted by atomic mass is 32.1. The van der Waals surface area contributed by atoms with Crippen LogP contribution < -0.4 is 5.32 Å². The number of thiophene rings is 1. The van der Waals surface area contributed by atoms with E-state index >= 15 is 0 Å². The Morgan fingerprint density at radius 2 is 2.14 bits per heavy atom. The van der Waals surface area contributed by atoms with Gasteiger partial charge in [-0.15, -0.1) is 11.3 Å². The second-order valence-corrected chi connectivity index (χ2v) is 5.92. The molecule has 0 aliphatic carbocycles. The maximum atomic E-state index is 13.4. The van der Waals surface area contributed by atoms with E-state index in [1.807, 2.05) is 0 Å². The lowest BCUT2D eigenvalue weighted by Crippen LogP contribution is -2.30. The Balaban J connectivity index is 1.63. The van der Waals surface area contributed by atoms with Crippen molar-refractivity contribution in [2.75, 3.05) is 13.2 Å². The fourth-order valence-electron chi connectivity index (χ4n) is 1.92. The second kappa shape index (κ2) is 8.24. The molecule has 2 aromatic rings. The third kappa shape index (κ3) is 5.21. The molecule has 1 unspecified atom stereocenters. The molecule has 3 nitrogen and oxygen atoms in total. The van der Waals surface area contributed by atoms with Gasteiger partial charge in [0.25, 0.3) is 0 Å². The van der Waals surface area contributed by atoms with Crippen molar-refractivity contribution < 1.29 is 14.2 Å². The van der Waals surface area contributed by atoms with Crippen molar-refractivity contribution >= 4 is 11.3 Å². The third-order valence-electron chi connectivity index (χ3n) is 3.16. The van der Waals surface area contributed by atoms with Gasteiger partial charge in [0.2, 0.25) is 0 Å². The van der Waals surface area contributed by atoms with Crippen LogP contribution in [0.1, 0.15) is 16.0 Å². The van der Waals surface area contributed by atoms with Gasteiger partial charge in [-0.3, -0.25) is 0 Å². The van der Waals surface area contributed by atoms with Crippen molar-refractivity contribution in [2.24, 2.45) is 0 Å². The lowest BCUT2D eigenvalue weighted by Gasteiger charge is -2.12. The molecule has 5 heteroatoms. The molecule has 0 radical (unpaired) electrons. The van der Waals surface area contributed by atoms with Crippen LogP contribution in [0.2, 0.25) is 0 Å². The molecule has 1 atom stereocenters. The predicted molar refractivity (Wildman–Crippen MR) is 82.8 cm³/mol. The van der Waals surface area contributed by atoms with Crippen LogP contribution in [-0.2, 0) is 17.9 Å². The van der Waals surface area contributed by atoms with Crippen LogP contribution in [0.3, 0.4) is 0 Å². The standard InChI is InChI=1S/C16H20FNO2S/c1-12-6-7-21-16(12)9-18-8-14(19)11-20-10-13-4-2-3-5-15(13)17/h2-7,14,18-19H,8-11H2,1H3. The van der Waals surface area contributed by atoms with Crippen molar-refractivity contribution in [1.82, 2.24) is 5.32 Å². The zero-order chi connectivity index (χ0) is 15.1. The number of aliphatic hydroxyl groups excluding tert-OH is 1. The molecular formula is C16H20FNO2S. The number of aryl methyl sites for hydroxylation is 1. The largest absolute Gasteiger partial charge is 0.389 e. The highest BCUT2D eigenvalue weighted by Gasteiger charge is 2.07. The normalized spacial score (nSPS) is 12.5. The molecule has 2 N–H and O–H groups in total. The summed E-state index contributed by atoms with van der Waals surface area (Å²) in [5.41, 5.74) is 1.77. The van der Waals surface area contributed by atoms with Gasteiger partial charge >= 0.3 is 0 Å². The fraction of sp³-hybridized carbons (Fsp3) is 0.375. The zero-order valence-corrected chi connectivity index (χ0v) is 12.8. The minimum absolute atomic E-state index is 0.174. The molecule has 0 saturated carbocycles. The Labute approximate surface area is 128 Å². The van der Waals surface area contributed by atoms with E-state index in [-0.39, 0.29) is 19.0 Å². The van der Waals surface area contributed by atoms with E-state index in [4.69, 9.17) is 4.74 Å². The molecule has 2 rings (SSSR count). The molecule has 0 amide bonds. The van der Waals surface area contributed by atoms with Gasteiger partial charge in [0.1, 0.15) is 5.82 Å². The summed E-state index contributed by atoms with van der Waals surface area (Å²) in [5, 5.41) is 15.1. The average molecular weight is 309 g/mol. The second-order valence-electron chi connectivity index (χ2n) is 4.92. The van der Waals surface area contributed by atoms with Crippen LogP contribution in [0.5, 0.6) is 0 Å². The molecule has 21 heavy (non-hydrogen) atoms. The third-order valence-corrected chi connectivity index (χ3v) is 4.18.